The number of pyridine rings is 1. The van der Waals surface area contributed by atoms with Crippen LogP contribution in [0.5, 0.6) is 0 Å². The van der Waals surface area contributed by atoms with Crippen molar-refractivity contribution in [2.24, 2.45) is 0 Å². The van der Waals surface area contributed by atoms with Gasteiger partial charge in [0.15, 0.2) is 0 Å². The van der Waals surface area contributed by atoms with E-state index in [0.29, 0.717) is 24.0 Å². The standard InChI is InChI=1S/C24H21Cl2N3O5S/c25-18-12-19(26)14-21(13-18)35(33,34)29(15-24(31)32)20-3-4-22-17(11-20)6-8-28(22)23-10-16(2-1-9-30)5-7-27-23/h3-8,10-14,30H,1-2,9,15H2,(H,31,32). The molecule has 2 heterocycles. The number of carboxylic acids is 1. The van der Waals surface area contributed by atoms with Crippen LogP contribution in [-0.2, 0) is 21.2 Å². The summed E-state index contributed by atoms with van der Waals surface area (Å²) in [5.74, 6) is -0.643. The number of sulfonamides is 1. The summed E-state index contributed by atoms with van der Waals surface area (Å²) in [6.07, 6.45) is 4.86. The lowest BCUT2D eigenvalue weighted by atomic mass is 10.1. The third-order valence-corrected chi connectivity index (χ3v) is 7.53. The lowest BCUT2D eigenvalue weighted by molar-refractivity contribution is -0.135. The summed E-state index contributed by atoms with van der Waals surface area (Å²) in [4.78, 5) is 15.8. The van der Waals surface area contributed by atoms with Gasteiger partial charge in [-0.3, -0.25) is 9.10 Å². The number of nitrogens with zero attached hydrogens (tertiary/aromatic N) is 3. The predicted octanol–water partition coefficient (Wildman–Crippen LogP) is 4.54. The van der Waals surface area contributed by atoms with Crippen LogP contribution in [0.4, 0.5) is 5.69 Å². The summed E-state index contributed by atoms with van der Waals surface area (Å²) in [6, 6.07) is 14.3. The maximum absolute atomic E-state index is 13.4. The number of fused-ring (bicyclic) bond motifs is 1. The van der Waals surface area contributed by atoms with E-state index in [2.05, 4.69) is 4.98 Å². The van der Waals surface area contributed by atoms with Crippen LogP contribution in [0, 0.1) is 0 Å². The SMILES string of the molecule is O=C(O)CN(c1ccc2c(ccn2-c2cc(CCCO)ccn2)c1)S(=O)(=O)c1cc(Cl)cc(Cl)c1. The molecule has 4 aromatic rings. The smallest absolute Gasteiger partial charge is 0.324 e. The molecule has 0 spiro atoms. The normalized spacial score (nSPS) is 11.6. The molecule has 11 heteroatoms. The van der Waals surface area contributed by atoms with Crippen molar-refractivity contribution in [3.05, 3.63) is 82.6 Å². The van der Waals surface area contributed by atoms with Crippen LogP contribution in [0.15, 0.2) is 71.9 Å². The van der Waals surface area contributed by atoms with Crippen molar-refractivity contribution in [3.8, 4) is 5.82 Å². The third-order valence-electron chi connectivity index (χ3n) is 5.35. The van der Waals surface area contributed by atoms with E-state index in [0.717, 1.165) is 15.4 Å². The number of carboxylic acid groups (broad SMARTS) is 1. The van der Waals surface area contributed by atoms with Crippen LogP contribution in [-0.4, -0.2) is 47.3 Å². The molecule has 2 N–H and O–H groups in total. The van der Waals surface area contributed by atoms with Crippen LogP contribution >= 0.6 is 23.2 Å². The number of halogens is 2. The van der Waals surface area contributed by atoms with Crippen molar-refractivity contribution in [1.82, 2.24) is 9.55 Å². The number of hydrogen-bond acceptors (Lipinski definition) is 5. The molecule has 0 fully saturated rings. The van der Waals surface area contributed by atoms with Crippen molar-refractivity contribution < 1.29 is 23.4 Å². The van der Waals surface area contributed by atoms with Gasteiger partial charge in [0, 0.05) is 34.4 Å². The fraction of sp³-hybridized carbons (Fsp3) is 0.167. The summed E-state index contributed by atoms with van der Waals surface area (Å²) in [5.41, 5.74) is 1.97. The second-order valence-corrected chi connectivity index (χ2v) is 10.5. The molecule has 0 aliphatic carbocycles. The highest BCUT2D eigenvalue weighted by molar-refractivity contribution is 7.92. The Labute approximate surface area is 212 Å². The van der Waals surface area contributed by atoms with E-state index in [4.69, 9.17) is 28.3 Å². The number of hydrogen-bond donors (Lipinski definition) is 2. The highest BCUT2D eigenvalue weighted by atomic mass is 35.5. The molecule has 0 unspecified atom stereocenters. The molecule has 2 aromatic heterocycles. The number of aryl methyl sites for hydroxylation is 1. The van der Waals surface area contributed by atoms with Crippen LogP contribution in [0.3, 0.4) is 0 Å². The molecular weight excluding hydrogens is 513 g/mol. The quantitative estimate of drug-likeness (QED) is 0.326. The molecular formula is C24H21Cl2N3O5S. The summed E-state index contributed by atoms with van der Waals surface area (Å²) in [7, 11) is -4.28. The van der Waals surface area contributed by atoms with Crippen molar-refractivity contribution >= 4 is 55.8 Å². The summed E-state index contributed by atoms with van der Waals surface area (Å²) in [5, 5.41) is 19.4. The van der Waals surface area contributed by atoms with Crippen molar-refractivity contribution in [2.75, 3.05) is 17.5 Å². The molecule has 0 amide bonds. The Morgan fingerprint density at radius 1 is 1.03 bits per heavy atom. The van der Waals surface area contributed by atoms with E-state index < -0.39 is 22.5 Å². The molecule has 4 rings (SSSR count). The first-order chi connectivity index (χ1) is 16.7. The molecule has 0 atom stereocenters. The molecule has 0 aliphatic rings. The molecule has 0 saturated heterocycles. The molecule has 35 heavy (non-hydrogen) atoms. The lowest BCUT2D eigenvalue weighted by Crippen LogP contribution is -2.35. The number of aliphatic carboxylic acids is 1. The Hall–Kier alpha value is -3.11. The van der Waals surface area contributed by atoms with E-state index >= 15 is 0 Å². The highest BCUT2D eigenvalue weighted by Crippen LogP contribution is 2.31. The number of aliphatic hydroxyl groups excluding tert-OH is 1. The van der Waals surface area contributed by atoms with Crippen LogP contribution < -0.4 is 4.31 Å². The van der Waals surface area contributed by atoms with Crippen molar-refractivity contribution in [2.45, 2.75) is 17.7 Å². The van der Waals surface area contributed by atoms with Gasteiger partial charge >= 0.3 is 5.97 Å². The van der Waals surface area contributed by atoms with Gasteiger partial charge < -0.3 is 14.8 Å². The van der Waals surface area contributed by atoms with Crippen LogP contribution in [0.25, 0.3) is 16.7 Å². The van der Waals surface area contributed by atoms with E-state index in [-0.39, 0.29) is 27.2 Å². The Morgan fingerprint density at radius 3 is 2.46 bits per heavy atom. The Balaban J connectivity index is 1.76. The van der Waals surface area contributed by atoms with Gasteiger partial charge in [-0.1, -0.05) is 23.2 Å². The van der Waals surface area contributed by atoms with Gasteiger partial charge in [-0.2, -0.15) is 0 Å². The van der Waals surface area contributed by atoms with E-state index in [9.17, 15) is 18.3 Å². The summed E-state index contributed by atoms with van der Waals surface area (Å²) in [6.45, 7) is -0.683. The monoisotopic (exact) mass is 533 g/mol. The van der Waals surface area contributed by atoms with E-state index in [1.165, 1.54) is 18.2 Å². The second-order valence-electron chi connectivity index (χ2n) is 7.79. The fourth-order valence-electron chi connectivity index (χ4n) is 3.76. The van der Waals surface area contributed by atoms with Gasteiger partial charge in [0.2, 0.25) is 0 Å². The van der Waals surface area contributed by atoms with Gasteiger partial charge in [-0.05, 0) is 73.0 Å². The Kier molecular flexibility index (Phi) is 7.32. The first kappa shape index (κ1) is 25.0. The molecule has 8 nitrogen and oxygen atoms in total. The van der Waals surface area contributed by atoms with Crippen molar-refractivity contribution in [3.63, 3.8) is 0 Å². The topological polar surface area (TPSA) is 113 Å². The number of aromatic nitrogens is 2. The largest absolute Gasteiger partial charge is 0.480 e. The molecule has 2 aromatic carbocycles. The van der Waals surface area contributed by atoms with E-state index in [1.807, 2.05) is 16.7 Å². The zero-order chi connectivity index (χ0) is 25.2. The average Bonchev–Trinajstić information content (AvgIpc) is 3.24. The maximum Gasteiger partial charge on any atom is 0.324 e. The summed E-state index contributed by atoms with van der Waals surface area (Å²) < 4.78 is 29.4. The first-order valence-electron chi connectivity index (χ1n) is 10.6. The highest BCUT2D eigenvalue weighted by Gasteiger charge is 2.28. The van der Waals surface area contributed by atoms with Crippen molar-refractivity contribution in [1.29, 1.82) is 0 Å². The Bertz CT molecular complexity index is 1480. The maximum atomic E-state index is 13.4. The third kappa shape index (κ3) is 5.43. The Morgan fingerprint density at radius 2 is 1.77 bits per heavy atom. The number of anilines is 1. The number of rotatable bonds is 9. The minimum absolute atomic E-state index is 0.101. The van der Waals surface area contributed by atoms with Crippen LogP contribution in [0.2, 0.25) is 10.0 Å². The summed E-state index contributed by atoms with van der Waals surface area (Å²) >= 11 is 12.0. The van der Waals surface area contributed by atoms with E-state index in [1.54, 1.807) is 36.7 Å². The van der Waals surface area contributed by atoms with Gasteiger partial charge in [0.05, 0.1) is 16.1 Å². The molecule has 182 valence electrons. The lowest BCUT2D eigenvalue weighted by Gasteiger charge is -2.23. The van der Waals surface area contributed by atoms with Gasteiger partial charge in [0.25, 0.3) is 10.0 Å². The molecule has 0 saturated carbocycles. The zero-order valence-corrected chi connectivity index (χ0v) is 20.6. The van der Waals surface area contributed by atoms with Gasteiger partial charge in [-0.15, -0.1) is 0 Å². The number of carbonyl (C=O) groups is 1. The first-order valence-corrected chi connectivity index (χ1v) is 12.8. The number of benzene rings is 2. The minimum atomic E-state index is -4.28. The average molecular weight is 534 g/mol. The predicted molar refractivity (Wildman–Crippen MR) is 135 cm³/mol. The fourth-order valence-corrected chi connectivity index (χ4v) is 5.89. The second kappa shape index (κ2) is 10.2. The van der Waals surface area contributed by atoms with Gasteiger partial charge in [0.1, 0.15) is 12.4 Å². The van der Waals surface area contributed by atoms with Crippen LogP contribution in [0.1, 0.15) is 12.0 Å². The number of aliphatic hydroxyl groups is 1. The molecule has 0 radical (unpaired) electrons. The van der Waals surface area contributed by atoms with Gasteiger partial charge in [-0.25, -0.2) is 13.4 Å². The zero-order valence-electron chi connectivity index (χ0n) is 18.3. The molecule has 0 bridgehead atoms. The minimum Gasteiger partial charge on any atom is -0.480 e. The molecule has 0 aliphatic heterocycles.